The van der Waals surface area contributed by atoms with E-state index in [0.717, 1.165) is 46.0 Å². The molecule has 1 aliphatic rings. The molecular weight excluding hydrogens is 350 g/mol. The van der Waals surface area contributed by atoms with Crippen molar-refractivity contribution in [3.63, 3.8) is 0 Å². The van der Waals surface area contributed by atoms with Gasteiger partial charge in [-0.25, -0.2) is 15.0 Å². The number of anilines is 1. The molecule has 1 fully saturated rings. The number of ether oxygens (including phenoxy) is 2. The minimum Gasteiger partial charge on any atom is -0.480 e. The van der Waals surface area contributed by atoms with Gasteiger partial charge in [-0.2, -0.15) is 4.98 Å². The van der Waals surface area contributed by atoms with Crippen LogP contribution in [0.3, 0.4) is 0 Å². The van der Waals surface area contributed by atoms with Gasteiger partial charge >= 0.3 is 6.01 Å². The molecule has 0 aromatic carbocycles. The lowest BCUT2D eigenvalue weighted by Gasteiger charge is -2.20. The summed E-state index contributed by atoms with van der Waals surface area (Å²) in [6.45, 7) is 6.60. The molecule has 1 aliphatic heterocycles. The summed E-state index contributed by atoms with van der Waals surface area (Å²) < 4.78 is 10.5. The minimum atomic E-state index is 0.284. The highest BCUT2D eigenvalue weighted by atomic mass is 32.1. The molecule has 26 heavy (non-hydrogen) atoms. The van der Waals surface area contributed by atoms with E-state index < -0.39 is 0 Å². The Hall–Kier alpha value is -2.48. The third-order valence-corrected chi connectivity index (χ3v) is 5.73. The summed E-state index contributed by atoms with van der Waals surface area (Å²) in [7, 11) is 3.13. The normalized spacial score (nSPS) is 16.2. The van der Waals surface area contributed by atoms with E-state index in [1.165, 1.54) is 7.11 Å². The van der Waals surface area contributed by atoms with Crippen molar-refractivity contribution in [2.75, 3.05) is 32.2 Å². The van der Waals surface area contributed by atoms with E-state index in [1.54, 1.807) is 31.0 Å². The smallest absolute Gasteiger partial charge is 0.319 e. The van der Waals surface area contributed by atoms with Crippen molar-refractivity contribution in [2.24, 2.45) is 5.41 Å². The third-order valence-electron chi connectivity index (χ3n) is 4.66. The standard InChI is InChI=1S/C18H21N5O2S/c1-18(2)5-6-23(9-18)14-11-7-13(26-16(11)21-10-20-14)12-8-19-17(25-4)22-15(12)24-3/h7-8,10H,5-6,9H2,1-4H3. The highest BCUT2D eigenvalue weighted by molar-refractivity contribution is 7.22. The Kier molecular flexibility index (Phi) is 4.14. The van der Waals surface area contributed by atoms with Crippen molar-refractivity contribution in [1.29, 1.82) is 0 Å². The maximum Gasteiger partial charge on any atom is 0.319 e. The predicted molar refractivity (Wildman–Crippen MR) is 102 cm³/mol. The minimum absolute atomic E-state index is 0.284. The van der Waals surface area contributed by atoms with Crippen LogP contribution < -0.4 is 14.4 Å². The van der Waals surface area contributed by atoms with E-state index in [2.05, 4.69) is 44.7 Å². The number of aromatic nitrogens is 4. The van der Waals surface area contributed by atoms with E-state index in [4.69, 9.17) is 9.47 Å². The van der Waals surface area contributed by atoms with E-state index >= 15 is 0 Å². The first-order valence-corrected chi connectivity index (χ1v) is 9.27. The molecule has 7 nitrogen and oxygen atoms in total. The molecule has 0 saturated carbocycles. The Morgan fingerprint density at radius 3 is 2.69 bits per heavy atom. The summed E-state index contributed by atoms with van der Waals surface area (Å²) in [5, 5.41) is 1.06. The maximum atomic E-state index is 5.42. The fourth-order valence-corrected chi connectivity index (χ4v) is 4.29. The molecule has 0 bridgehead atoms. The number of hydrogen-bond donors (Lipinski definition) is 0. The first kappa shape index (κ1) is 17.0. The largest absolute Gasteiger partial charge is 0.480 e. The van der Waals surface area contributed by atoms with Gasteiger partial charge in [0.1, 0.15) is 17.0 Å². The number of rotatable bonds is 4. The average Bonchev–Trinajstić information content (AvgIpc) is 3.23. The molecule has 3 aromatic heterocycles. The molecule has 0 spiro atoms. The SMILES string of the molecule is COc1ncc(-c2cc3c(N4CCC(C)(C)C4)ncnc3s2)c(OC)n1. The lowest BCUT2D eigenvalue weighted by atomic mass is 9.93. The van der Waals surface area contributed by atoms with Gasteiger partial charge in [-0.15, -0.1) is 11.3 Å². The van der Waals surface area contributed by atoms with Crippen molar-refractivity contribution >= 4 is 27.4 Å². The molecule has 8 heteroatoms. The Morgan fingerprint density at radius 1 is 1.15 bits per heavy atom. The van der Waals surface area contributed by atoms with Crippen molar-refractivity contribution in [3.05, 3.63) is 18.6 Å². The van der Waals surface area contributed by atoms with Crippen LogP contribution >= 0.6 is 11.3 Å². The van der Waals surface area contributed by atoms with Crippen molar-refractivity contribution in [3.8, 4) is 22.3 Å². The van der Waals surface area contributed by atoms with Crippen molar-refractivity contribution < 1.29 is 9.47 Å². The van der Waals surface area contributed by atoms with Crippen LogP contribution in [0.2, 0.25) is 0 Å². The van der Waals surface area contributed by atoms with Crippen LogP contribution in [0.4, 0.5) is 5.82 Å². The number of fused-ring (bicyclic) bond motifs is 1. The molecule has 136 valence electrons. The quantitative estimate of drug-likeness (QED) is 0.696. The maximum absolute atomic E-state index is 5.42. The van der Waals surface area contributed by atoms with Gasteiger partial charge in [-0.3, -0.25) is 0 Å². The molecule has 0 unspecified atom stereocenters. The summed E-state index contributed by atoms with van der Waals surface area (Å²) in [5.41, 5.74) is 1.13. The van der Waals surface area contributed by atoms with Crippen molar-refractivity contribution in [2.45, 2.75) is 20.3 Å². The first-order chi connectivity index (χ1) is 12.5. The second-order valence-electron chi connectivity index (χ2n) is 7.14. The fourth-order valence-electron chi connectivity index (χ4n) is 3.29. The Morgan fingerprint density at radius 2 is 2.00 bits per heavy atom. The van der Waals surface area contributed by atoms with Crippen LogP contribution in [-0.2, 0) is 0 Å². The molecule has 1 saturated heterocycles. The van der Waals surface area contributed by atoms with E-state index in [9.17, 15) is 0 Å². The number of thiophene rings is 1. The highest BCUT2D eigenvalue weighted by Crippen LogP contribution is 2.41. The molecular formula is C18H21N5O2S. The highest BCUT2D eigenvalue weighted by Gasteiger charge is 2.31. The zero-order chi connectivity index (χ0) is 18.3. The molecule has 4 rings (SSSR count). The first-order valence-electron chi connectivity index (χ1n) is 8.45. The van der Waals surface area contributed by atoms with Gasteiger partial charge in [0.15, 0.2) is 0 Å². The molecule has 4 heterocycles. The molecule has 0 N–H and O–H groups in total. The number of hydrogen-bond acceptors (Lipinski definition) is 8. The number of methoxy groups -OCH3 is 2. The van der Waals surface area contributed by atoms with Crippen LogP contribution in [0.15, 0.2) is 18.6 Å². The third kappa shape index (κ3) is 2.94. The van der Waals surface area contributed by atoms with Gasteiger partial charge < -0.3 is 14.4 Å². The molecule has 0 radical (unpaired) electrons. The predicted octanol–water partition coefficient (Wildman–Crippen LogP) is 3.40. The van der Waals surface area contributed by atoms with Crippen LogP contribution in [-0.4, -0.2) is 47.2 Å². The van der Waals surface area contributed by atoms with Gasteiger partial charge in [0.05, 0.1) is 25.2 Å². The van der Waals surface area contributed by atoms with Crippen LogP contribution in [0.1, 0.15) is 20.3 Å². The molecule has 0 aliphatic carbocycles. The average molecular weight is 371 g/mol. The zero-order valence-electron chi connectivity index (χ0n) is 15.3. The Balaban J connectivity index is 1.79. The second-order valence-corrected chi connectivity index (χ2v) is 8.17. The van der Waals surface area contributed by atoms with Crippen LogP contribution in [0, 0.1) is 5.41 Å². The molecule has 3 aromatic rings. The summed E-state index contributed by atoms with van der Waals surface area (Å²) >= 11 is 1.59. The van der Waals surface area contributed by atoms with Gasteiger partial charge in [0, 0.05) is 24.2 Å². The Bertz CT molecular complexity index is 956. The summed E-state index contributed by atoms with van der Waals surface area (Å²) in [4.78, 5) is 21.8. The van der Waals surface area contributed by atoms with Crippen molar-refractivity contribution in [1.82, 2.24) is 19.9 Å². The summed E-state index contributed by atoms with van der Waals surface area (Å²) in [6.07, 6.45) is 4.53. The summed E-state index contributed by atoms with van der Waals surface area (Å²) in [5.74, 6) is 1.48. The zero-order valence-corrected chi connectivity index (χ0v) is 16.1. The van der Waals surface area contributed by atoms with Crippen LogP contribution in [0.5, 0.6) is 11.9 Å². The van der Waals surface area contributed by atoms with E-state index in [0.29, 0.717) is 11.3 Å². The Labute approximate surface area is 156 Å². The van der Waals surface area contributed by atoms with Crippen LogP contribution in [0.25, 0.3) is 20.7 Å². The topological polar surface area (TPSA) is 73.3 Å². The monoisotopic (exact) mass is 371 g/mol. The fraction of sp³-hybridized carbons (Fsp3) is 0.444. The van der Waals surface area contributed by atoms with Gasteiger partial charge in [0.25, 0.3) is 0 Å². The van der Waals surface area contributed by atoms with Gasteiger partial charge in [0.2, 0.25) is 5.88 Å². The molecule has 0 atom stereocenters. The summed E-state index contributed by atoms with van der Waals surface area (Å²) in [6, 6.07) is 2.39. The van der Waals surface area contributed by atoms with E-state index in [-0.39, 0.29) is 6.01 Å². The lowest BCUT2D eigenvalue weighted by Crippen LogP contribution is -2.23. The number of nitrogens with zero attached hydrogens (tertiary/aromatic N) is 5. The van der Waals surface area contributed by atoms with Gasteiger partial charge in [-0.05, 0) is 17.9 Å². The van der Waals surface area contributed by atoms with E-state index in [1.807, 2.05) is 0 Å². The lowest BCUT2D eigenvalue weighted by molar-refractivity contribution is 0.353. The molecule has 0 amide bonds. The van der Waals surface area contributed by atoms with Gasteiger partial charge in [-0.1, -0.05) is 13.8 Å². The second kappa shape index (κ2) is 6.35.